The Balaban J connectivity index is 1.67. The Bertz CT molecular complexity index is 1240. The van der Waals surface area contributed by atoms with Crippen LogP contribution in [-0.2, 0) is 6.42 Å². The van der Waals surface area contributed by atoms with Gasteiger partial charge in [0.1, 0.15) is 11.4 Å². The van der Waals surface area contributed by atoms with Crippen LogP contribution in [0.1, 0.15) is 47.2 Å². The van der Waals surface area contributed by atoms with Gasteiger partial charge >= 0.3 is 0 Å². The molecule has 0 saturated heterocycles. The van der Waals surface area contributed by atoms with Crippen molar-refractivity contribution in [3.05, 3.63) is 60.3 Å². The summed E-state index contributed by atoms with van der Waals surface area (Å²) in [6.45, 7) is 4.27. The molecule has 4 rings (SSSR count). The first-order chi connectivity index (χ1) is 14.6. The number of carbonyl (C=O) groups is 1. The van der Waals surface area contributed by atoms with Crippen molar-refractivity contribution in [2.24, 2.45) is 5.41 Å². The van der Waals surface area contributed by atoms with E-state index in [1.165, 1.54) is 22.0 Å². The van der Waals surface area contributed by atoms with Gasteiger partial charge in [-0.15, -0.1) is 11.3 Å². The lowest BCUT2D eigenvalue weighted by Gasteiger charge is -2.40. The molecule has 0 fully saturated rings. The zero-order valence-corrected chi connectivity index (χ0v) is 18.6. The van der Waals surface area contributed by atoms with Crippen LogP contribution in [0, 0.1) is 5.41 Å². The SMILES string of the molecule is CN(C)C(=O)c1nccc(Nc2c(NC3c4ccsc4CCC3(C)C)c(=O)c2=O)c1O. The van der Waals surface area contributed by atoms with Crippen LogP contribution in [0.2, 0.25) is 0 Å². The highest BCUT2D eigenvalue weighted by atomic mass is 32.1. The van der Waals surface area contributed by atoms with Crippen LogP contribution >= 0.6 is 11.3 Å². The smallest absolute Gasteiger partial charge is 0.275 e. The number of aryl methyl sites for hydroxylation is 1. The minimum Gasteiger partial charge on any atom is -0.504 e. The number of nitrogens with zero attached hydrogens (tertiary/aromatic N) is 2. The summed E-state index contributed by atoms with van der Waals surface area (Å²) in [5.74, 6) is -0.850. The van der Waals surface area contributed by atoms with Gasteiger partial charge in [0.15, 0.2) is 11.4 Å². The average Bonchev–Trinajstić information content (AvgIpc) is 3.20. The Labute approximate surface area is 183 Å². The highest BCUT2D eigenvalue weighted by Gasteiger charge is 2.38. The Morgan fingerprint density at radius 3 is 2.65 bits per heavy atom. The van der Waals surface area contributed by atoms with Crippen molar-refractivity contribution < 1.29 is 9.90 Å². The van der Waals surface area contributed by atoms with E-state index in [2.05, 4.69) is 35.5 Å². The fourth-order valence-corrected chi connectivity index (χ4v) is 4.86. The number of carbonyl (C=O) groups excluding carboxylic acids is 1. The first-order valence-corrected chi connectivity index (χ1v) is 10.8. The lowest BCUT2D eigenvalue weighted by molar-refractivity contribution is 0.0819. The summed E-state index contributed by atoms with van der Waals surface area (Å²) in [5.41, 5.74) is 0.0265. The second-order valence-corrected chi connectivity index (χ2v) is 9.65. The van der Waals surface area contributed by atoms with Crippen LogP contribution in [0.5, 0.6) is 5.75 Å². The molecule has 31 heavy (non-hydrogen) atoms. The summed E-state index contributed by atoms with van der Waals surface area (Å²) < 4.78 is 0. The second-order valence-electron chi connectivity index (χ2n) is 8.65. The number of hydrogen-bond donors (Lipinski definition) is 3. The fraction of sp³-hybridized carbons (Fsp3) is 0.364. The topological polar surface area (TPSA) is 112 Å². The summed E-state index contributed by atoms with van der Waals surface area (Å²) in [6.07, 6.45) is 3.31. The number of aromatic nitrogens is 1. The number of rotatable bonds is 5. The van der Waals surface area contributed by atoms with Gasteiger partial charge in [-0.3, -0.25) is 14.4 Å². The van der Waals surface area contributed by atoms with Crippen LogP contribution < -0.4 is 21.5 Å². The molecule has 1 aromatic carbocycles. The number of pyridine rings is 1. The van der Waals surface area contributed by atoms with Gasteiger partial charge in [0, 0.05) is 25.2 Å². The molecule has 1 aliphatic carbocycles. The zero-order valence-electron chi connectivity index (χ0n) is 17.8. The quantitative estimate of drug-likeness (QED) is 0.523. The summed E-state index contributed by atoms with van der Waals surface area (Å²) in [5, 5.41) is 18.7. The molecule has 0 saturated carbocycles. The van der Waals surface area contributed by atoms with Crippen molar-refractivity contribution in [2.75, 3.05) is 24.7 Å². The third-order valence-corrected chi connectivity index (χ3v) is 6.86. The molecular weight excluding hydrogens is 416 g/mol. The summed E-state index contributed by atoms with van der Waals surface area (Å²) in [6, 6.07) is 3.39. The number of amides is 1. The monoisotopic (exact) mass is 440 g/mol. The van der Waals surface area contributed by atoms with Crippen molar-refractivity contribution in [3.8, 4) is 5.75 Å². The van der Waals surface area contributed by atoms with E-state index < -0.39 is 16.8 Å². The maximum atomic E-state index is 12.4. The molecule has 3 N–H and O–H groups in total. The number of fused-ring (bicyclic) bond motifs is 1. The Morgan fingerprint density at radius 1 is 1.23 bits per heavy atom. The lowest BCUT2D eigenvalue weighted by atomic mass is 9.72. The predicted molar refractivity (Wildman–Crippen MR) is 121 cm³/mol. The van der Waals surface area contributed by atoms with Gasteiger partial charge in [0.2, 0.25) is 0 Å². The first kappa shape index (κ1) is 21.0. The minimum absolute atomic E-state index is 0.0768. The molecule has 1 atom stereocenters. The highest BCUT2D eigenvalue weighted by molar-refractivity contribution is 7.10. The molecule has 8 nitrogen and oxygen atoms in total. The van der Waals surface area contributed by atoms with Crippen LogP contribution in [-0.4, -0.2) is 35.0 Å². The molecule has 2 aromatic heterocycles. The average molecular weight is 441 g/mol. The van der Waals surface area contributed by atoms with Gasteiger partial charge < -0.3 is 20.6 Å². The largest absolute Gasteiger partial charge is 0.504 e. The molecule has 0 spiro atoms. The number of hydrogen-bond acceptors (Lipinski definition) is 8. The molecule has 0 aliphatic heterocycles. The number of nitrogens with one attached hydrogen (secondary N) is 2. The molecule has 1 unspecified atom stereocenters. The van der Waals surface area contributed by atoms with Crippen LogP contribution in [0.3, 0.4) is 0 Å². The van der Waals surface area contributed by atoms with Crippen LogP contribution in [0.25, 0.3) is 0 Å². The molecule has 9 heteroatoms. The summed E-state index contributed by atoms with van der Waals surface area (Å²) >= 11 is 1.70. The highest BCUT2D eigenvalue weighted by Crippen LogP contribution is 2.47. The third kappa shape index (κ3) is 3.48. The lowest BCUT2D eigenvalue weighted by Crippen LogP contribution is -2.41. The van der Waals surface area contributed by atoms with E-state index in [9.17, 15) is 19.5 Å². The number of thiophene rings is 1. The molecule has 0 radical (unpaired) electrons. The van der Waals surface area contributed by atoms with Crippen molar-refractivity contribution in [3.63, 3.8) is 0 Å². The van der Waals surface area contributed by atoms with Crippen molar-refractivity contribution in [1.29, 1.82) is 0 Å². The van der Waals surface area contributed by atoms with Crippen LogP contribution in [0.15, 0.2) is 33.3 Å². The standard InChI is InChI=1S/C22H24N4O4S/c1-22(2)8-5-13-11(7-10-31-13)20(22)25-15-14(18(28)19(15)29)24-12-6-9-23-16(17(12)27)21(30)26(3)4/h6-7,9-10,20,25,27H,5,8H2,1-4H3,(H,23,24). The summed E-state index contributed by atoms with van der Waals surface area (Å²) in [4.78, 5) is 43.5. The first-order valence-electron chi connectivity index (χ1n) is 9.94. The van der Waals surface area contributed by atoms with Gasteiger partial charge in [-0.2, -0.15) is 0 Å². The van der Waals surface area contributed by atoms with Gasteiger partial charge in [0.05, 0.1) is 11.7 Å². The molecule has 0 bridgehead atoms. The van der Waals surface area contributed by atoms with E-state index in [0.717, 1.165) is 18.4 Å². The molecular formula is C22H24N4O4S. The molecule has 2 heterocycles. The number of anilines is 3. The Kier molecular flexibility index (Phi) is 5.09. The fourth-order valence-electron chi connectivity index (χ4n) is 3.94. The third-order valence-electron chi connectivity index (χ3n) is 5.86. The molecule has 162 valence electrons. The molecule has 3 aromatic rings. The normalized spacial score (nSPS) is 17.2. The Morgan fingerprint density at radius 2 is 1.94 bits per heavy atom. The zero-order chi connectivity index (χ0) is 22.5. The van der Waals surface area contributed by atoms with E-state index in [1.807, 2.05) is 5.38 Å². The van der Waals surface area contributed by atoms with Gasteiger partial charge in [-0.1, -0.05) is 13.8 Å². The van der Waals surface area contributed by atoms with Crippen molar-refractivity contribution in [2.45, 2.75) is 32.7 Å². The summed E-state index contributed by atoms with van der Waals surface area (Å²) in [7, 11) is 3.10. The van der Waals surface area contributed by atoms with Gasteiger partial charge in [0.25, 0.3) is 16.8 Å². The van der Waals surface area contributed by atoms with E-state index in [4.69, 9.17) is 0 Å². The van der Waals surface area contributed by atoms with E-state index >= 15 is 0 Å². The number of aromatic hydroxyl groups is 1. The van der Waals surface area contributed by atoms with Gasteiger partial charge in [-0.05, 0) is 41.3 Å². The van der Waals surface area contributed by atoms with Crippen molar-refractivity contribution in [1.82, 2.24) is 9.88 Å². The molecule has 1 amide bonds. The van der Waals surface area contributed by atoms with E-state index in [1.54, 1.807) is 25.4 Å². The van der Waals surface area contributed by atoms with Crippen LogP contribution in [0.4, 0.5) is 17.1 Å². The van der Waals surface area contributed by atoms with E-state index in [-0.39, 0.29) is 40.0 Å². The Hall–Kier alpha value is -3.20. The van der Waals surface area contributed by atoms with E-state index in [0.29, 0.717) is 0 Å². The maximum absolute atomic E-state index is 12.4. The maximum Gasteiger partial charge on any atom is 0.275 e. The molecule has 1 aliphatic rings. The minimum atomic E-state index is -0.668. The second kappa shape index (κ2) is 7.49. The van der Waals surface area contributed by atoms with Gasteiger partial charge in [-0.25, -0.2) is 4.98 Å². The van der Waals surface area contributed by atoms with Crippen molar-refractivity contribution >= 4 is 34.3 Å². The predicted octanol–water partition coefficient (Wildman–Crippen LogP) is 3.02.